The Kier molecular flexibility index (Phi) is 4.26. The predicted octanol–water partition coefficient (Wildman–Crippen LogP) is 2.98. The maximum Gasteiger partial charge on any atom is 0.228 e. The number of hydrogen-bond acceptors (Lipinski definition) is 5. The lowest BCUT2D eigenvalue weighted by Gasteiger charge is -2.24. The average Bonchev–Trinajstić information content (AvgIpc) is 3.25. The van der Waals surface area contributed by atoms with E-state index in [0.29, 0.717) is 17.2 Å². The Balaban J connectivity index is 1.48. The number of hydrogen-bond donors (Lipinski definition) is 3. The van der Waals surface area contributed by atoms with Crippen LogP contribution in [0.1, 0.15) is 17.5 Å². The van der Waals surface area contributed by atoms with Crippen molar-refractivity contribution in [2.24, 2.45) is 5.92 Å². The van der Waals surface area contributed by atoms with E-state index >= 15 is 0 Å². The Morgan fingerprint density at radius 3 is 3.04 bits per heavy atom. The fourth-order valence-electron chi connectivity index (χ4n) is 3.14. The summed E-state index contributed by atoms with van der Waals surface area (Å²) in [6, 6.07) is 7.67. The normalized spacial score (nSPS) is 16.0. The van der Waals surface area contributed by atoms with Crippen molar-refractivity contribution in [1.29, 1.82) is 0 Å². The minimum atomic E-state index is -0.375. The summed E-state index contributed by atoms with van der Waals surface area (Å²) < 4.78 is 0. The molecule has 1 aliphatic rings. The molecular formula is C18H17N5O2S. The molecule has 1 aliphatic heterocycles. The quantitative estimate of drug-likeness (QED) is 0.660. The average molecular weight is 367 g/mol. The molecule has 0 saturated heterocycles. The molecule has 1 atom stereocenters. The van der Waals surface area contributed by atoms with Crippen molar-refractivity contribution in [3.63, 3.8) is 0 Å². The molecule has 26 heavy (non-hydrogen) atoms. The van der Waals surface area contributed by atoms with Gasteiger partial charge < -0.3 is 10.6 Å². The number of nitrogens with one attached hydrogen (secondary N) is 3. The first-order valence-corrected chi connectivity index (χ1v) is 9.12. The van der Waals surface area contributed by atoms with Crippen LogP contribution in [0.15, 0.2) is 36.0 Å². The first-order valence-electron chi connectivity index (χ1n) is 8.24. The Bertz CT molecular complexity index is 964. The number of nitrogens with zero attached hydrogens (tertiary/aromatic N) is 2. The van der Waals surface area contributed by atoms with E-state index in [9.17, 15) is 9.59 Å². The largest absolute Gasteiger partial charge is 0.326 e. The number of carbonyl (C=O) groups excluding carboxylic acids is 2. The van der Waals surface area contributed by atoms with Gasteiger partial charge in [-0.25, -0.2) is 4.98 Å². The number of thiophene rings is 1. The maximum atomic E-state index is 12.5. The van der Waals surface area contributed by atoms with Gasteiger partial charge in [-0.2, -0.15) is 5.10 Å². The maximum absolute atomic E-state index is 12.5. The van der Waals surface area contributed by atoms with Crippen LogP contribution in [0.3, 0.4) is 0 Å². The number of aromatic amines is 1. The highest BCUT2D eigenvalue weighted by molar-refractivity contribution is 7.15. The van der Waals surface area contributed by atoms with E-state index in [1.165, 1.54) is 17.7 Å². The van der Waals surface area contributed by atoms with Gasteiger partial charge in [-0.15, -0.1) is 11.3 Å². The fraction of sp³-hybridized carbons (Fsp3) is 0.222. The second-order valence-electron chi connectivity index (χ2n) is 6.26. The summed E-state index contributed by atoms with van der Waals surface area (Å²) in [5.74, 6) is -0.0631. The number of benzene rings is 1. The highest BCUT2D eigenvalue weighted by Crippen LogP contribution is 2.35. The number of aryl methyl sites for hydroxylation is 1. The second kappa shape index (κ2) is 6.72. The number of para-hydroxylation sites is 1. The third kappa shape index (κ3) is 3.11. The molecule has 0 bridgehead atoms. The molecule has 0 radical (unpaired) electrons. The van der Waals surface area contributed by atoms with Crippen molar-refractivity contribution >= 4 is 33.8 Å². The summed E-state index contributed by atoms with van der Waals surface area (Å²) in [6.45, 7) is 1.95. The second-order valence-corrected chi connectivity index (χ2v) is 7.14. The van der Waals surface area contributed by atoms with Crippen LogP contribution in [0.4, 0.5) is 10.7 Å². The molecule has 0 aliphatic carbocycles. The topological polar surface area (TPSA) is 99.8 Å². The van der Waals surface area contributed by atoms with E-state index in [1.807, 2.05) is 36.6 Å². The number of fused-ring (bicyclic) bond motifs is 1. The number of carbonyl (C=O) groups is 2. The van der Waals surface area contributed by atoms with Gasteiger partial charge in [0.2, 0.25) is 11.8 Å². The van der Waals surface area contributed by atoms with Crippen LogP contribution < -0.4 is 10.6 Å². The van der Waals surface area contributed by atoms with Crippen LogP contribution in [0.25, 0.3) is 11.4 Å². The van der Waals surface area contributed by atoms with E-state index in [0.717, 1.165) is 22.4 Å². The van der Waals surface area contributed by atoms with Gasteiger partial charge in [-0.1, -0.05) is 18.2 Å². The lowest BCUT2D eigenvalue weighted by Crippen LogP contribution is -2.32. The number of H-pyrrole nitrogens is 1. The molecule has 132 valence electrons. The fourth-order valence-corrected chi connectivity index (χ4v) is 4.10. The Labute approximate surface area is 153 Å². The molecule has 0 saturated carbocycles. The van der Waals surface area contributed by atoms with Crippen molar-refractivity contribution in [2.45, 2.75) is 19.8 Å². The molecule has 2 aromatic heterocycles. The Hall–Kier alpha value is -3.00. The first-order chi connectivity index (χ1) is 12.6. The predicted molar refractivity (Wildman–Crippen MR) is 99.9 cm³/mol. The molecule has 1 aromatic carbocycles. The summed E-state index contributed by atoms with van der Waals surface area (Å²) in [7, 11) is 0. The molecule has 2 amide bonds. The third-order valence-electron chi connectivity index (χ3n) is 4.42. The molecule has 3 N–H and O–H groups in total. The van der Waals surface area contributed by atoms with Gasteiger partial charge in [-0.05, 0) is 35.9 Å². The van der Waals surface area contributed by atoms with Crippen LogP contribution >= 0.6 is 11.3 Å². The number of aromatic nitrogens is 3. The standard InChI is InChI=1S/C18H17N5O2S/c1-10-8-26-18(15(10)16-19-9-20-23-16)22-14(24)7-12-6-11-4-2-3-5-13(11)21-17(12)25/h2-5,8-9,12H,6-7H2,1H3,(H,21,25)(H,22,24)(H,19,20,23). The van der Waals surface area contributed by atoms with Gasteiger partial charge in [0, 0.05) is 12.1 Å². The van der Waals surface area contributed by atoms with Crippen molar-refractivity contribution in [2.75, 3.05) is 10.6 Å². The SMILES string of the molecule is Cc1csc(NC(=O)CC2Cc3ccccc3NC2=O)c1-c1ncn[nH]1. The van der Waals surface area contributed by atoms with E-state index < -0.39 is 0 Å². The zero-order valence-corrected chi connectivity index (χ0v) is 14.9. The van der Waals surface area contributed by atoms with Gasteiger partial charge in [-0.3, -0.25) is 14.7 Å². The molecule has 7 nitrogen and oxygen atoms in total. The monoisotopic (exact) mass is 367 g/mol. The van der Waals surface area contributed by atoms with Gasteiger partial charge >= 0.3 is 0 Å². The van der Waals surface area contributed by atoms with Crippen LogP contribution in [-0.4, -0.2) is 27.0 Å². The van der Waals surface area contributed by atoms with Gasteiger partial charge in [0.25, 0.3) is 0 Å². The molecule has 0 spiro atoms. The molecule has 3 heterocycles. The summed E-state index contributed by atoms with van der Waals surface area (Å²) in [6.07, 6.45) is 2.13. The van der Waals surface area contributed by atoms with Gasteiger partial charge in [0.1, 0.15) is 11.3 Å². The minimum absolute atomic E-state index is 0.114. The van der Waals surface area contributed by atoms with Gasteiger partial charge in [0.15, 0.2) is 5.82 Å². The van der Waals surface area contributed by atoms with E-state index in [1.54, 1.807) is 0 Å². The smallest absolute Gasteiger partial charge is 0.228 e. The van der Waals surface area contributed by atoms with Gasteiger partial charge in [0.05, 0.1) is 11.5 Å². The lowest BCUT2D eigenvalue weighted by atomic mass is 9.90. The molecule has 3 aromatic rings. The van der Waals surface area contributed by atoms with E-state index in [4.69, 9.17) is 0 Å². The van der Waals surface area contributed by atoms with Crippen molar-refractivity contribution in [1.82, 2.24) is 15.2 Å². The zero-order valence-electron chi connectivity index (χ0n) is 14.1. The molecular weight excluding hydrogens is 350 g/mol. The van der Waals surface area contributed by atoms with Crippen molar-refractivity contribution in [3.05, 3.63) is 47.1 Å². The highest BCUT2D eigenvalue weighted by Gasteiger charge is 2.28. The first kappa shape index (κ1) is 16.5. The molecule has 0 fully saturated rings. The molecule has 8 heteroatoms. The third-order valence-corrected chi connectivity index (χ3v) is 5.44. The van der Waals surface area contributed by atoms with Crippen LogP contribution in [0, 0.1) is 12.8 Å². The summed E-state index contributed by atoms with van der Waals surface area (Å²) in [5.41, 5.74) is 3.72. The van der Waals surface area contributed by atoms with E-state index in [2.05, 4.69) is 25.8 Å². The van der Waals surface area contributed by atoms with Crippen LogP contribution in [0.5, 0.6) is 0 Å². The lowest BCUT2D eigenvalue weighted by molar-refractivity contribution is -0.125. The van der Waals surface area contributed by atoms with Crippen LogP contribution in [-0.2, 0) is 16.0 Å². The summed E-state index contributed by atoms with van der Waals surface area (Å²) >= 11 is 1.43. The van der Waals surface area contributed by atoms with Crippen molar-refractivity contribution in [3.8, 4) is 11.4 Å². The highest BCUT2D eigenvalue weighted by atomic mass is 32.1. The van der Waals surface area contributed by atoms with Crippen molar-refractivity contribution < 1.29 is 9.59 Å². The zero-order chi connectivity index (χ0) is 18.1. The van der Waals surface area contributed by atoms with E-state index in [-0.39, 0.29) is 24.2 Å². The Morgan fingerprint density at radius 2 is 2.23 bits per heavy atom. The minimum Gasteiger partial charge on any atom is -0.326 e. The number of anilines is 2. The molecule has 1 unspecified atom stereocenters. The van der Waals surface area contributed by atoms with Crippen LogP contribution in [0.2, 0.25) is 0 Å². The molecule has 4 rings (SSSR count). The summed E-state index contributed by atoms with van der Waals surface area (Å²) in [4.78, 5) is 29.0. The number of rotatable bonds is 4. The summed E-state index contributed by atoms with van der Waals surface area (Å²) in [5, 5.41) is 15.2. The Morgan fingerprint density at radius 1 is 1.38 bits per heavy atom. The number of amides is 2.